The van der Waals surface area contributed by atoms with E-state index in [4.69, 9.17) is 10.5 Å². The molecule has 1 aliphatic heterocycles. The van der Waals surface area contributed by atoms with Crippen LogP contribution in [-0.2, 0) is 4.74 Å². The molecule has 3 nitrogen and oxygen atoms in total. The van der Waals surface area contributed by atoms with Crippen molar-refractivity contribution < 1.29 is 13.5 Å². The third-order valence-electron chi connectivity index (χ3n) is 2.87. The maximum atomic E-state index is 13.4. The van der Waals surface area contributed by atoms with Crippen molar-refractivity contribution in [2.75, 3.05) is 30.3 Å². The Labute approximate surface area is 99.2 Å². The zero-order valence-electron chi connectivity index (χ0n) is 9.75. The number of halogens is 2. The molecule has 94 valence electrons. The van der Waals surface area contributed by atoms with Crippen molar-refractivity contribution in [2.24, 2.45) is 0 Å². The van der Waals surface area contributed by atoms with Gasteiger partial charge in [-0.15, -0.1) is 0 Å². The van der Waals surface area contributed by atoms with Crippen molar-refractivity contribution in [1.29, 1.82) is 0 Å². The van der Waals surface area contributed by atoms with Crippen LogP contribution in [0.1, 0.15) is 13.3 Å². The van der Waals surface area contributed by atoms with Crippen LogP contribution in [0.4, 0.5) is 20.2 Å². The highest BCUT2D eigenvalue weighted by atomic mass is 19.1. The molecule has 1 aromatic rings. The summed E-state index contributed by atoms with van der Waals surface area (Å²) in [6.45, 7) is 3.88. The molecule has 1 aliphatic rings. The first-order chi connectivity index (χ1) is 8.08. The summed E-state index contributed by atoms with van der Waals surface area (Å²) >= 11 is 0. The fourth-order valence-corrected chi connectivity index (χ4v) is 2.05. The summed E-state index contributed by atoms with van der Waals surface area (Å²) < 4.78 is 32.1. The average Bonchev–Trinajstić information content (AvgIpc) is 2.48. The number of benzene rings is 1. The molecule has 17 heavy (non-hydrogen) atoms. The van der Waals surface area contributed by atoms with Crippen molar-refractivity contribution in [2.45, 2.75) is 19.4 Å². The normalized spacial score (nSPS) is 21.4. The molecule has 2 N–H and O–H groups in total. The SMILES string of the molecule is CC1CN(c2cc(F)cc(F)c2N)CCCO1. The Morgan fingerprint density at radius 1 is 1.41 bits per heavy atom. The molecule has 0 radical (unpaired) electrons. The van der Waals surface area contributed by atoms with Gasteiger partial charge in [-0.05, 0) is 19.4 Å². The molecule has 5 heteroatoms. The van der Waals surface area contributed by atoms with Crippen LogP contribution >= 0.6 is 0 Å². The molecular formula is C12H16F2N2O. The van der Waals surface area contributed by atoms with Crippen LogP contribution in [0.2, 0.25) is 0 Å². The first kappa shape index (κ1) is 12.1. The van der Waals surface area contributed by atoms with Gasteiger partial charge >= 0.3 is 0 Å². The number of hydrogen-bond acceptors (Lipinski definition) is 3. The molecule has 0 aliphatic carbocycles. The van der Waals surface area contributed by atoms with E-state index in [1.165, 1.54) is 6.07 Å². The highest BCUT2D eigenvalue weighted by Crippen LogP contribution is 2.28. The van der Waals surface area contributed by atoms with Crippen molar-refractivity contribution in [3.05, 3.63) is 23.8 Å². The molecule has 1 atom stereocenters. The first-order valence-electron chi connectivity index (χ1n) is 5.69. The highest BCUT2D eigenvalue weighted by Gasteiger charge is 2.19. The molecule has 0 saturated carbocycles. The van der Waals surface area contributed by atoms with Crippen LogP contribution in [0.25, 0.3) is 0 Å². The van der Waals surface area contributed by atoms with Gasteiger partial charge in [-0.1, -0.05) is 0 Å². The van der Waals surface area contributed by atoms with Gasteiger partial charge in [0.15, 0.2) is 5.82 Å². The second-order valence-corrected chi connectivity index (χ2v) is 4.30. The summed E-state index contributed by atoms with van der Waals surface area (Å²) in [6, 6.07) is 2.08. The Balaban J connectivity index is 2.31. The van der Waals surface area contributed by atoms with Gasteiger partial charge in [0.25, 0.3) is 0 Å². The van der Waals surface area contributed by atoms with Gasteiger partial charge in [0.1, 0.15) is 5.82 Å². The second kappa shape index (κ2) is 4.87. The van der Waals surface area contributed by atoms with E-state index in [1.807, 2.05) is 11.8 Å². The maximum absolute atomic E-state index is 13.4. The van der Waals surface area contributed by atoms with Gasteiger partial charge in [-0.2, -0.15) is 0 Å². The van der Waals surface area contributed by atoms with Gasteiger partial charge in [0, 0.05) is 25.8 Å². The van der Waals surface area contributed by atoms with Crippen LogP contribution in [-0.4, -0.2) is 25.8 Å². The summed E-state index contributed by atoms with van der Waals surface area (Å²) in [7, 11) is 0. The minimum atomic E-state index is -0.710. The van der Waals surface area contributed by atoms with Crippen LogP contribution in [0.5, 0.6) is 0 Å². The van der Waals surface area contributed by atoms with E-state index in [-0.39, 0.29) is 11.8 Å². The average molecular weight is 242 g/mol. The summed E-state index contributed by atoms with van der Waals surface area (Å²) in [5.41, 5.74) is 6.07. The Bertz CT molecular complexity index is 412. The predicted molar refractivity (Wildman–Crippen MR) is 63.0 cm³/mol. The number of rotatable bonds is 1. The third-order valence-corrected chi connectivity index (χ3v) is 2.87. The molecule has 1 unspecified atom stereocenters. The predicted octanol–water partition coefficient (Wildman–Crippen LogP) is 2.16. The zero-order valence-corrected chi connectivity index (χ0v) is 9.75. The third kappa shape index (κ3) is 2.66. The lowest BCUT2D eigenvalue weighted by atomic mass is 10.2. The van der Waals surface area contributed by atoms with E-state index in [0.29, 0.717) is 25.4 Å². The lowest BCUT2D eigenvalue weighted by molar-refractivity contribution is 0.0821. The number of nitrogens with zero attached hydrogens (tertiary/aromatic N) is 1. The molecular weight excluding hydrogens is 226 g/mol. The Kier molecular flexibility index (Phi) is 3.47. The number of nitrogen functional groups attached to an aromatic ring is 1. The van der Waals surface area contributed by atoms with Crippen molar-refractivity contribution in [3.8, 4) is 0 Å². The largest absolute Gasteiger partial charge is 0.395 e. The summed E-state index contributed by atoms with van der Waals surface area (Å²) in [6.07, 6.45) is 0.852. The zero-order chi connectivity index (χ0) is 12.4. The molecule has 0 aromatic heterocycles. The van der Waals surface area contributed by atoms with Gasteiger partial charge < -0.3 is 15.4 Å². The molecule has 1 heterocycles. The van der Waals surface area contributed by atoms with E-state index in [1.54, 1.807) is 0 Å². The second-order valence-electron chi connectivity index (χ2n) is 4.30. The lowest BCUT2D eigenvalue weighted by Crippen LogP contribution is -2.31. The number of ether oxygens (including phenoxy) is 1. The Morgan fingerprint density at radius 2 is 2.18 bits per heavy atom. The number of anilines is 2. The van der Waals surface area contributed by atoms with Crippen LogP contribution in [0.15, 0.2) is 12.1 Å². The molecule has 2 rings (SSSR count). The minimum absolute atomic E-state index is 0.000463. The van der Waals surface area contributed by atoms with E-state index >= 15 is 0 Å². The molecule has 0 bridgehead atoms. The topological polar surface area (TPSA) is 38.5 Å². The Morgan fingerprint density at radius 3 is 2.94 bits per heavy atom. The first-order valence-corrected chi connectivity index (χ1v) is 5.69. The summed E-state index contributed by atoms with van der Waals surface area (Å²) in [5, 5.41) is 0. The molecule has 1 aromatic carbocycles. The van der Waals surface area contributed by atoms with Crippen LogP contribution in [0.3, 0.4) is 0 Å². The highest BCUT2D eigenvalue weighted by molar-refractivity contribution is 5.68. The quantitative estimate of drug-likeness (QED) is 0.767. The molecule has 0 spiro atoms. The lowest BCUT2D eigenvalue weighted by Gasteiger charge is -2.25. The Hall–Kier alpha value is -1.36. The minimum Gasteiger partial charge on any atom is -0.395 e. The van der Waals surface area contributed by atoms with Gasteiger partial charge in [0.2, 0.25) is 0 Å². The maximum Gasteiger partial charge on any atom is 0.151 e. The summed E-state index contributed by atoms with van der Waals surface area (Å²) in [4.78, 5) is 1.87. The van der Waals surface area contributed by atoms with Crippen molar-refractivity contribution in [3.63, 3.8) is 0 Å². The number of hydrogen-bond donors (Lipinski definition) is 1. The van der Waals surface area contributed by atoms with E-state index in [0.717, 1.165) is 12.5 Å². The standard InChI is InChI=1S/C12H16F2N2O/c1-8-7-16(3-2-4-17-8)11-6-9(13)5-10(14)12(11)15/h5-6,8H,2-4,7,15H2,1H3. The van der Waals surface area contributed by atoms with Crippen molar-refractivity contribution >= 4 is 11.4 Å². The molecule has 0 amide bonds. The van der Waals surface area contributed by atoms with Gasteiger partial charge in [-0.25, -0.2) is 8.78 Å². The molecule has 1 fully saturated rings. The van der Waals surface area contributed by atoms with E-state index in [9.17, 15) is 8.78 Å². The fraction of sp³-hybridized carbons (Fsp3) is 0.500. The smallest absolute Gasteiger partial charge is 0.151 e. The van der Waals surface area contributed by atoms with E-state index < -0.39 is 11.6 Å². The summed E-state index contributed by atoms with van der Waals surface area (Å²) in [5.74, 6) is -1.32. The number of nitrogens with two attached hydrogens (primary N) is 1. The van der Waals surface area contributed by atoms with Gasteiger partial charge in [0.05, 0.1) is 17.5 Å². The molecule has 1 saturated heterocycles. The fourth-order valence-electron chi connectivity index (χ4n) is 2.05. The van der Waals surface area contributed by atoms with Gasteiger partial charge in [-0.3, -0.25) is 0 Å². The van der Waals surface area contributed by atoms with Crippen molar-refractivity contribution in [1.82, 2.24) is 0 Å². The van der Waals surface area contributed by atoms with E-state index in [2.05, 4.69) is 0 Å². The monoisotopic (exact) mass is 242 g/mol. The van der Waals surface area contributed by atoms with Crippen LogP contribution < -0.4 is 10.6 Å². The van der Waals surface area contributed by atoms with Crippen LogP contribution in [0, 0.1) is 11.6 Å².